The zero-order valence-electron chi connectivity index (χ0n) is 6.17. The molecule has 0 aromatic carbocycles. The number of rotatable bonds is 0. The molecule has 2 unspecified atom stereocenters. The zero-order chi connectivity index (χ0) is 6.43. The Kier molecular flexibility index (Phi) is 0.992. The van der Waals surface area contributed by atoms with Crippen LogP contribution in [-0.4, -0.2) is 0 Å². The Morgan fingerprint density at radius 3 is 1.67 bits per heavy atom. The minimum Gasteiger partial charge on any atom is -0.0848 e. The lowest BCUT2D eigenvalue weighted by Crippen LogP contribution is -2.12. The monoisotopic (exact) mass is 122 g/mol. The van der Waals surface area contributed by atoms with Crippen LogP contribution >= 0.6 is 0 Å². The summed E-state index contributed by atoms with van der Waals surface area (Å²) in [7, 11) is 0. The van der Waals surface area contributed by atoms with E-state index in [0.717, 1.165) is 23.7 Å². The third-order valence-corrected chi connectivity index (χ3v) is 3.33. The minimum atomic E-state index is 0.935. The van der Waals surface area contributed by atoms with Gasteiger partial charge in [-0.25, -0.2) is 0 Å². The van der Waals surface area contributed by atoms with Crippen LogP contribution in [0.15, 0.2) is 12.2 Å². The maximum atomic E-state index is 2.41. The summed E-state index contributed by atoms with van der Waals surface area (Å²) in [5, 5.41) is 0. The third kappa shape index (κ3) is 0.593. The van der Waals surface area contributed by atoms with Crippen molar-refractivity contribution in [3.8, 4) is 0 Å². The normalized spacial score (nSPS) is 54.9. The van der Waals surface area contributed by atoms with Crippen molar-refractivity contribution in [1.82, 2.24) is 0 Å². The highest BCUT2D eigenvalue weighted by Crippen LogP contribution is 2.47. The molecule has 2 aliphatic carbocycles. The highest BCUT2D eigenvalue weighted by molar-refractivity contribution is 5.11. The Hall–Kier alpha value is -0.260. The summed E-state index contributed by atoms with van der Waals surface area (Å²) in [5.74, 6) is 3.79. The van der Waals surface area contributed by atoms with Crippen LogP contribution < -0.4 is 0 Å². The average molecular weight is 122 g/mol. The summed E-state index contributed by atoms with van der Waals surface area (Å²) in [6.07, 6.45) is 6.27. The third-order valence-electron chi connectivity index (χ3n) is 3.33. The van der Waals surface area contributed by atoms with Gasteiger partial charge in [-0.05, 0) is 30.1 Å². The molecular formula is C9H14. The van der Waals surface area contributed by atoms with Crippen molar-refractivity contribution >= 4 is 0 Å². The van der Waals surface area contributed by atoms with Gasteiger partial charge in [-0.2, -0.15) is 0 Å². The van der Waals surface area contributed by atoms with E-state index in [1.807, 2.05) is 0 Å². The van der Waals surface area contributed by atoms with Gasteiger partial charge in [0.25, 0.3) is 0 Å². The van der Waals surface area contributed by atoms with E-state index in [-0.39, 0.29) is 0 Å². The Morgan fingerprint density at radius 2 is 1.44 bits per heavy atom. The Labute approximate surface area is 57.0 Å². The van der Waals surface area contributed by atoms with Crippen molar-refractivity contribution in [2.45, 2.75) is 20.3 Å². The molecular weight excluding hydrogens is 108 g/mol. The van der Waals surface area contributed by atoms with Gasteiger partial charge in [0.2, 0.25) is 0 Å². The van der Waals surface area contributed by atoms with Crippen molar-refractivity contribution in [2.24, 2.45) is 23.7 Å². The molecule has 2 bridgehead atoms. The Balaban J connectivity index is 2.26. The van der Waals surface area contributed by atoms with E-state index in [4.69, 9.17) is 0 Å². The highest BCUT2D eigenvalue weighted by atomic mass is 14.4. The van der Waals surface area contributed by atoms with Gasteiger partial charge >= 0.3 is 0 Å². The lowest BCUT2D eigenvalue weighted by Gasteiger charge is -2.19. The molecule has 1 fully saturated rings. The molecule has 0 aromatic rings. The quantitative estimate of drug-likeness (QED) is 0.433. The van der Waals surface area contributed by atoms with Gasteiger partial charge in [-0.1, -0.05) is 26.0 Å². The molecule has 0 amide bonds. The molecule has 0 nitrogen and oxygen atoms in total. The van der Waals surface area contributed by atoms with Crippen molar-refractivity contribution in [2.75, 3.05) is 0 Å². The van der Waals surface area contributed by atoms with E-state index in [2.05, 4.69) is 26.0 Å². The van der Waals surface area contributed by atoms with E-state index in [0.29, 0.717) is 0 Å². The summed E-state index contributed by atoms with van der Waals surface area (Å²) >= 11 is 0. The first-order chi connectivity index (χ1) is 4.29. The molecule has 9 heavy (non-hydrogen) atoms. The van der Waals surface area contributed by atoms with Gasteiger partial charge in [-0.15, -0.1) is 0 Å². The Bertz CT molecular complexity index is 130. The maximum absolute atomic E-state index is 2.41. The van der Waals surface area contributed by atoms with Crippen LogP contribution in [-0.2, 0) is 0 Å². The van der Waals surface area contributed by atoms with Crippen LogP contribution in [0.3, 0.4) is 0 Å². The number of hydrogen-bond acceptors (Lipinski definition) is 0. The smallest absolute Gasteiger partial charge is 0.0199 e. The molecule has 0 aliphatic heterocycles. The molecule has 0 aromatic heterocycles. The highest BCUT2D eigenvalue weighted by Gasteiger charge is 2.38. The molecule has 50 valence electrons. The van der Waals surface area contributed by atoms with Crippen molar-refractivity contribution in [3.05, 3.63) is 12.2 Å². The van der Waals surface area contributed by atoms with E-state index in [1.54, 1.807) is 0 Å². The van der Waals surface area contributed by atoms with Crippen LogP contribution in [0.4, 0.5) is 0 Å². The van der Waals surface area contributed by atoms with Crippen LogP contribution in [0.1, 0.15) is 20.3 Å². The lowest BCUT2D eigenvalue weighted by molar-refractivity contribution is 0.364. The molecule has 0 heterocycles. The topological polar surface area (TPSA) is 0 Å². The van der Waals surface area contributed by atoms with E-state index in [1.165, 1.54) is 6.42 Å². The van der Waals surface area contributed by atoms with Crippen molar-refractivity contribution < 1.29 is 0 Å². The average Bonchev–Trinajstić information content (AvgIpc) is 2.37. The summed E-state index contributed by atoms with van der Waals surface area (Å²) in [6, 6.07) is 0. The first-order valence-electron chi connectivity index (χ1n) is 3.97. The van der Waals surface area contributed by atoms with Crippen LogP contribution in [0.2, 0.25) is 0 Å². The van der Waals surface area contributed by atoms with E-state index in [9.17, 15) is 0 Å². The van der Waals surface area contributed by atoms with Gasteiger partial charge in [0, 0.05) is 0 Å². The molecule has 0 spiro atoms. The number of fused-ring (bicyclic) bond motifs is 2. The SMILES string of the molecule is C[C@@H]1C2C=CC(C2)[C@@H]1C. The van der Waals surface area contributed by atoms with Gasteiger partial charge in [0.1, 0.15) is 0 Å². The molecule has 2 aliphatic rings. The van der Waals surface area contributed by atoms with Gasteiger partial charge in [0.15, 0.2) is 0 Å². The van der Waals surface area contributed by atoms with Crippen LogP contribution in [0.25, 0.3) is 0 Å². The molecule has 0 heteroatoms. The fraction of sp³-hybridized carbons (Fsp3) is 0.778. The van der Waals surface area contributed by atoms with Crippen molar-refractivity contribution in [1.29, 1.82) is 0 Å². The molecule has 1 saturated carbocycles. The van der Waals surface area contributed by atoms with Gasteiger partial charge < -0.3 is 0 Å². The molecule has 2 rings (SSSR count). The fourth-order valence-electron chi connectivity index (χ4n) is 2.32. The number of hydrogen-bond donors (Lipinski definition) is 0. The van der Waals surface area contributed by atoms with E-state index < -0.39 is 0 Å². The van der Waals surface area contributed by atoms with Crippen molar-refractivity contribution in [3.63, 3.8) is 0 Å². The summed E-state index contributed by atoms with van der Waals surface area (Å²) < 4.78 is 0. The predicted molar refractivity (Wildman–Crippen MR) is 39.1 cm³/mol. The molecule has 0 N–H and O–H groups in total. The lowest BCUT2D eigenvalue weighted by atomic mass is 9.86. The Morgan fingerprint density at radius 1 is 1.00 bits per heavy atom. The van der Waals surface area contributed by atoms with E-state index >= 15 is 0 Å². The summed E-state index contributed by atoms with van der Waals surface area (Å²) in [5.41, 5.74) is 0. The standard InChI is InChI=1S/C9H14/c1-6-7(2)9-4-3-8(6)5-9/h3-4,6-9H,5H2,1-2H3/t6-,7+,8?,9?. The predicted octanol–water partition coefficient (Wildman–Crippen LogP) is 2.46. The summed E-state index contributed by atoms with van der Waals surface area (Å²) in [4.78, 5) is 0. The fourth-order valence-corrected chi connectivity index (χ4v) is 2.32. The number of allylic oxidation sites excluding steroid dienone is 2. The van der Waals surface area contributed by atoms with Gasteiger partial charge in [-0.3, -0.25) is 0 Å². The second-order valence-corrected chi connectivity index (χ2v) is 3.67. The maximum Gasteiger partial charge on any atom is -0.0199 e. The minimum absolute atomic E-state index is 0.935. The molecule has 0 saturated heterocycles. The first kappa shape index (κ1) is 5.52. The first-order valence-corrected chi connectivity index (χ1v) is 3.97. The zero-order valence-corrected chi connectivity index (χ0v) is 6.17. The second kappa shape index (κ2) is 1.62. The van der Waals surface area contributed by atoms with Crippen LogP contribution in [0.5, 0.6) is 0 Å². The second-order valence-electron chi connectivity index (χ2n) is 3.67. The largest absolute Gasteiger partial charge is 0.0848 e. The van der Waals surface area contributed by atoms with Gasteiger partial charge in [0.05, 0.1) is 0 Å². The van der Waals surface area contributed by atoms with Crippen LogP contribution in [0, 0.1) is 23.7 Å². The molecule has 4 atom stereocenters. The summed E-state index contributed by atoms with van der Waals surface area (Å²) in [6.45, 7) is 4.78. The molecule has 0 radical (unpaired) electrons.